The summed E-state index contributed by atoms with van der Waals surface area (Å²) in [5.41, 5.74) is 3.63. The van der Waals surface area contributed by atoms with Crippen LogP contribution in [0.1, 0.15) is 12.5 Å². The molecule has 25 heavy (non-hydrogen) atoms. The third-order valence-electron chi connectivity index (χ3n) is 4.34. The average molecular weight is 342 g/mol. The number of amides is 2. The average Bonchev–Trinajstić information content (AvgIpc) is 3.15. The lowest BCUT2D eigenvalue weighted by Crippen LogP contribution is -2.33. The molecule has 1 atom stereocenters. The van der Waals surface area contributed by atoms with Gasteiger partial charge in [0, 0.05) is 24.6 Å². The van der Waals surface area contributed by atoms with Gasteiger partial charge in [0.05, 0.1) is 25.9 Å². The summed E-state index contributed by atoms with van der Waals surface area (Å²) in [5, 5.41) is 9.75. The number of rotatable bonds is 3. The van der Waals surface area contributed by atoms with Crippen molar-refractivity contribution in [3.63, 3.8) is 0 Å². The molecule has 2 aliphatic rings. The Labute approximate surface area is 144 Å². The molecule has 1 aromatic heterocycles. The molecule has 1 saturated heterocycles. The van der Waals surface area contributed by atoms with Gasteiger partial charge in [-0.05, 0) is 17.7 Å². The molecule has 2 aromatic rings. The molecule has 3 heterocycles. The Morgan fingerprint density at radius 1 is 1.48 bits per heavy atom. The lowest BCUT2D eigenvalue weighted by atomic mass is 10.0. The maximum absolute atomic E-state index is 12.2. The first kappa shape index (κ1) is 15.5. The van der Waals surface area contributed by atoms with Crippen LogP contribution in [0, 0.1) is 0 Å². The Balaban J connectivity index is 1.58. The number of nitrogens with one attached hydrogen (secondary N) is 2. The van der Waals surface area contributed by atoms with Crippen LogP contribution in [-0.4, -0.2) is 48.0 Å². The molecule has 8 heteroatoms. The number of carbonyl (C=O) groups excluding carboxylic acids is 2. The van der Waals surface area contributed by atoms with Crippen LogP contribution in [0.4, 0.5) is 10.5 Å². The zero-order valence-corrected chi connectivity index (χ0v) is 13.7. The minimum absolute atomic E-state index is 0.144. The lowest BCUT2D eigenvalue weighted by Gasteiger charge is -2.15. The summed E-state index contributed by atoms with van der Waals surface area (Å²) < 4.78 is 11.0. The zero-order valence-electron chi connectivity index (χ0n) is 13.7. The van der Waals surface area contributed by atoms with Crippen LogP contribution in [0.2, 0.25) is 0 Å². The molecule has 4 rings (SSSR count). The summed E-state index contributed by atoms with van der Waals surface area (Å²) in [6.07, 6.45) is 1.72. The van der Waals surface area contributed by atoms with Gasteiger partial charge in [-0.2, -0.15) is 5.10 Å². The smallest absolute Gasteiger partial charge is 0.414 e. The van der Waals surface area contributed by atoms with Gasteiger partial charge in [-0.25, -0.2) is 4.79 Å². The number of cyclic esters (lactones) is 1. The lowest BCUT2D eigenvalue weighted by molar-refractivity contribution is -0.119. The second kappa shape index (κ2) is 6.12. The molecule has 0 radical (unpaired) electrons. The summed E-state index contributed by atoms with van der Waals surface area (Å²) in [6.45, 7) is 2.71. The molecule has 0 aliphatic carbocycles. The van der Waals surface area contributed by atoms with Gasteiger partial charge in [0.2, 0.25) is 5.91 Å². The number of hydrogen-bond acceptors (Lipinski definition) is 5. The topological polar surface area (TPSA) is 96.5 Å². The largest absolute Gasteiger partial charge is 0.489 e. The number of aromatic amines is 1. The normalized spacial score (nSPS) is 18.7. The van der Waals surface area contributed by atoms with E-state index in [2.05, 4.69) is 15.5 Å². The second-order valence-electron chi connectivity index (χ2n) is 6.09. The fraction of sp³-hybridized carbons (Fsp3) is 0.353. The van der Waals surface area contributed by atoms with Gasteiger partial charge in [0.1, 0.15) is 11.8 Å². The summed E-state index contributed by atoms with van der Waals surface area (Å²) in [5.74, 6) is 0.594. The standard InChI is InChI=1S/C17H18N4O4/c1-10(22)18-7-13-9-21(17(23)25-13)12-2-3-14-11(6-12)4-5-24-15-8-19-20-16(14)15/h2-3,6,8,13H,4-5,7,9H2,1H3,(H,18,22)(H,19,20)/t13-/m0/s1. The maximum Gasteiger partial charge on any atom is 0.414 e. The number of aromatic nitrogens is 2. The van der Waals surface area contributed by atoms with E-state index in [0.717, 1.165) is 34.7 Å². The predicted molar refractivity (Wildman–Crippen MR) is 89.5 cm³/mol. The van der Waals surface area contributed by atoms with Gasteiger partial charge < -0.3 is 14.8 Å². The van der Waals surface area contributed by atoms with E-state index in [4.69, 9.17) is 9.47 Å². The highest BCUT2D eigenvalue weighted by molar-refractivity contribution is 5.90. The van der Waals surface area contributed by atoms with Crippen molar-refractivity contribution < 1.29 is 19.1 Å². The van der Waals surface area contributed by atoms with Gasteiger partial charge in [-0.1, -0.05) is 6.07 Å². The number of fused-ring (bicyclic) bond motifs is 3. The minimum Gasteiger partial charge on any atom is -0.489 e. The number of ether oxygens (including phenoxy) is 2. The first-order chi connectivity index (χ1) is 12.1. The first-order valence-electron chi connectivity index (χ1n) is 8.14. The molecule has 130 valence electrons. The van der Waals surface area contributed by atoms with Crippen molar-refractivity contribution >= 4 is 17.7 Å². The SMILES string of the molecule is CC(=O)NC[C@H]1CN(c2ccc3c(c2)CCOc2c[nH]nc2-3)C(=O)O1. The van der Waals surface area contributed by atoms with E-state index in [1.54, 1.807) is 11.1 Å². The quantitative estimate of drug-likeness (QED) is 0.880. The third kappa shape index (κ3) is 2.90. The van der Waals surface area contributed by atoms with Crippen molar-refractivity contribution in [1.82, 2.24) is 15.5 Å². The highest BCUT2D eigenvalue weighted by atomic mass is 16.6. The molecule has 0 spiro atoms. The number of benzene rings is 1. The monoisotopic (exact) mass is 342 g/mol. The Bertz CT molecular complexity index is 832. The zero-order chi connectivity index (χ0) is 17.4. The van der Waals surface area contributed by atoms with Gasteiger partial charge >= 0.3 is 6.09 Å². The minimum atomic E-state index is -0.402. The van der Waals surface area contributed by atoms with Crippen LogP contribution in [0.3, 0.4) is 0 Å². The molecule has 8 nitrogen and oxygen atoms in total. The molecule has 2 amide bonds. The van der Waals surface area contributed by atoms with Crippen LogP contribution in [0.15, 0.2) is 24.4 Å². The highest BCUT2D eigenvalue weighted by Gasteiger charge is 2.33. The Morgan fingerprint density at radius 2 is 2.36 bits per heavy atom. The molecular formula is C17H18N4O4. The third-order valence-corrected chi connectivity index (χ3v) is 4.34. The molecule has 1 aromatic carbocycles. The fourth-order valence-corrected chi connectivity index (χ4v) is 3.13. The molecule has 1 fully saturated rings. The van der Waals surface area contributed by atoms with Crippen molar-refractivity contribution in [2.75, 3.05) is 24.6 Å². The van der Waals surface area contributed by atoms with E-state index in [1.165, 1.54) is 6.92 Å². The molecule has 2 N–H and O–H groups in total. The van der Waals surface area contributed by atoms with Crippen LogP contribution in [-0.2, 0) is 16.0 Å². The van der Waals surface area contributed by atoms with Crippen LogP contribution < -0.4 is 15.0 Å². The van der Waals surface area contributed by atoms with Crippen LogP contribution in [0.5, 0.6) is 5.75 Å². The number of carbonyl (C=O) groups is 2. The molecule has 0 bridgehead atoms. The summed E-state index contributed by atoms with van der Waals surface area (Å²) in [6, 6.07) is 5.81. The second-order valence-corrected chi connectivity index (χ2v) is 6.09. The summed E-state index contributed by atoms with van der Waals surface area (Å²) >= 11 is 0. The predicted octanol–water partition coefficient (Wildman–Crippen LogP) is 1.47. The van der Waals surface area contributed by atoms with Crippen molar-refractivity contribution in [2.45, 2.75) is 19.4 Å². The highest BCUT2D eigenvalue weighted by Crippen LogP contribution is 2.35. The molecule has 2 aliphatic heterocycles. The van der Waals surface area contributed by atoms with E-state index in [0.29, 0.717) is 19.7 Å². The van der Waals surface area contributed by atoms with Crippen molar-refractivity contribution in [3.8, 4) is 17.0 Å². The van der Waals surface area contributed by atoms with Crippen LogP contribution in [0.25, 0.3) is 11.3 Å². The van der Waals surface area contributed by atoms with E-state index >= 15 is 0 Å². The Kier molecular flexibility index (Phi) is 3.79. The molecular weight excluding hydrogens is 324 g/mol. The van der Waals surface area contributed by atoms with Gasteiger partial charge in [0.25, 0.3) is 0 Å². The molecule has 0 saturated carbocycles. The van der Waals surface area contributed by atoms with E-state index in [9.17, 15) is 9.59 Å². The van der Waals surface area contributed by atoms with Crippen molar-refractivity contribution in [3.05, 3.63) is 30.0 Å². The summed E-state index contributed by atoms with van der Waals surface area (Å²) in [7, 11) is 0. The van der Waals surface area contributed by atoms with Crippen molar-refractivity contribution in [1.29, 1.82) is 0 Å². The Hall–Kier alpha value is -3.03. The van der Waals surface area contributed by atoms with Gasteiger partial charge in [-0.3, -0.25) is 14.8 Å². The number of nitrogens with zero attached hydrogens (tertiary/aromatic N) is 2. The van der Waals surface area contributed by atoms with E-state index in [-0.39, 0.29) is 12.0 Å². The molecule has 0 unspecified atom stereocenters. The number of hydrogen-bond donors (Lipinski definition) is 2. The van der Waals surface area contributed by atoms with Gasteiger partial charge in [-0.15, -0.1) is 0 Å². The van der Waals surface area contributed by atoms with E-state index in [1.807, 2.05) is 18.2 Å². The number of H-pyrrole nitrogens is 1. The first-order valence-corrected chi connectivity index (χ1v) is 8.14. The van der Waals surface area contributed by atoms with E-state index < -0.39 is 6.09 Å². The maximum atomic E-state index is 12.2. The summed E-state index contributed by atoms with van der Waals surface area (Å²) in [4.78, 5) is 24.8. The number of anilines is 1. The van der Waals surface area contributed by atoms with Crippen LogP contribution >= 0.6 is 0 Å². The van der Waals surface area contributed by atoms with Gasteiger partial charge in [0.15, 0.2) is 5.75 Å². The Morgan fingerprint density at radius 3 is 3.20 bits per heavy atom. The fourth-order valence-electron chi connectivity index (χ4n) is 3.13. The van der Waals surface area contributed by atoms with Crippen molar-refractivity contribution in [2.24, 2.45) is 0 Å².